The molecule has 2 nitrogen and oxygen atoms in total. The van der Waals surface area contributed by atoms with Crippen LogP contribution < -0.4 is 0 Å². The van der Waals surface area contributed by atoms with E-state index in [1.807, 2.05) is 42.7 Å². The van der Waals surface area contributed by atoms with Crippen molar-refractivity contribution in [1.29, 1.82) is 0 Å². The third-order valence-electron chi connectivity index (χ3n) is 3.68. The molecule has 0 bridgehead atoms. The Morgan fingerprint density at radius 3 is 2.71 bits per heavy atom. The van der Waals surface area contributed by atoms with Crippen LogP contribution in [0.15, 0.2) is 59.2 Å². The van der Waals surface area contributed by atoms with E-state index in [-0.39, 0.29) is 12.4 Å². The number of halogens is 3. The Kier molecular flexibility index (Phi) is 6.76. The van der Waals surface area contributed by atoms with Gasteiger partial charge in [0, 0.05) is 34.1 Å². The number of hydrogen-bond donors (Lipinski definition) is 0. The van der Waals surface area contributed by atoms with Crippen molar-refractivity contribution in [2.24, 2.45) is 0 Å². The Labute approximate surface area is 158 Å². The fourth-order valence-corrected chi connectivity index (χ4v) is 2.98. The zero-order chi connectivity index (χ0) is 16.2. The number of likely N-dealkylation sites (N-methyl/N-ethyl adjacent to an activating group) is 1. The largest absolute Gasteiger partial charge is 0.464 e. The van der Waals surface area contributed by atoms with Gasteiger partial charge in [0.25, 0.3) is 0 Å². The molecule has 0 spiro atoms. The number of fused-ring (bicyclic) bond motifs is 1. The second kappa shape index (κ2) is 8.59. The van der Waals surface area contributed by atoms with E-state index < -0.39 is 0 Å². The molecule has 0 aliphatic heterocycles. The van der Waals surface area contributed by atoms with Crippen LogP contribution in [0.1, 0.15) is 11.1 Å². The number of rotatable bonds is 5. The first kappa shape index (κ1) is 18.9. The van der Waals surface area contributed by atoms with E-state index in [1.165, 1.54) is 10.9 Å². The third-order valence-corrected chi connectivity index (χ3v) is 4.24. The van der Waals surface area contributed by atoms with Crippen molar-refractivity contribution < 1.29 is 4.42 Å². The molecule has 0 atom stereocenters. The molecule has 3 aromatic rings. The van der Waals surface area contributed by atoms with Crippen molar-refractivity contribution in [3.63, 3.8) is 0 Å². The molecule has 24 heavy (non-hydrogen) atoms. The second-order valence-electron chi connectivity index (χ2n) is 5.52. The highest BCUT2D eigenvalue weighted by atomic mass is 35.5. The summed E-state index contributed by atoms with van der Waals surface area (Å²) in [6, 6.07) is 13.6. The van der Waals surface area contributed by atoms with Gasteiger partial charge in [-0.15, -0.1) is 12.4 Å². The van der Waals surface area contributed by atoms with Gasteiger partial charge in [0.1, 0.15) is 5.58 Å². The zero-order valence-corrected chi connectivity index (χ0v) is 15.5. The Balaban J connectivity index is 0.00000208. The van der Waals surface area contributed by atoms with E-state index in [9.17, 15) is 0 Å². The lowest BCUT2D eigenvalue weighted by molar-refractivity contribution is 0.363. The van der Waals surface area contributed by atoms with Crippen LogP contribution in [0.25, 0.3) is 17.0 Å². The molecule has 3 rings (SSSR count). The van der Waals surface area contributed by atoms with Crippen molar-refractivity contribution in [3.05, 3.63) is 76.0 Å². The van der Waals surface area contributed by atoms with E-state index >= 15 is 0 Å². The summed E-state index contributed by atoms with van der Waals surface area (Å²) in [5, 5.41) is 2.48. The van der Waals surface area contributed by atoms with Crippen LogP contribution in [-0.4, -0.2) is 18.5 Å². The minimum absolute atomic E-state index is 0. The fraction of sp³-hybridized carbons (Fsp3) is 0.158. The van der Waals surface area contributed by atoms with E-state index in [2.05, 4.69) is 24.1 Å². The summed E-state index contributed by atoms with van der Waals surface area (Å²) >= 11 is 12.1. The molecule has 0 fully saturated rings. The standard InChI is InChI=1S/C19H17Cl2NO.ClH/c1-22(10-4-5-14-8-9-16(20)11-18(14)21)12-15-13-23-19-7-3-2-6-17(15)19;/h2-9,11,13H,10,12H2,1H3;1H/b5-4+;. The molecule has 0 saturated carbocycles. The van der Waals surface area contributed by atoms with Gasteiger partial charge in [-0.25, -0.2) is 0 Å². The van der Waals surface area contributed by atoms with E-state index in [0.29, 0.717) is 10.0 Å². The lowest BCUT2D eigenvalue weighted by Gasteiger charge is -2.13. The Morgan fingerprint density at radius 1 is 1.12 bits per heavy atom. The Bertz CT molecular complexity index is 841. The molecule has 0 unspecified atom stereocenters. The lowest BCUT2D eigenvalue weighted by atomic mass is 10.1. The summed E-state index contributed by atoms with van der Waals surface area (Å²) in [6.07, 6.45) is 5.95. The zero-order valence-electron chi connectivity index (χ0n) is 13.2. The molecular formula is C19H18Cl3NO. The molecule has 0 N–H and O–H groups in total. The van der Waals surface area contributed by atoms with Crippen molar-refractivity contribution in [2.45, 2.75) is 6.54 Å². The first-order valence-electron chi connectivity index (χ1n) is 7.39. The monoisotopic (exact) mass is 381 g/mol. The smallest absolute Gasteiger partial charge is 0.134 e. The first-order valence-corrected chi connectivity index (χ1v) is 8.14. The maximum absolute atomic E-state index is 6.16. The third kappa shape index (κ3) is 4.55. The lowest BCUT2D eigenvalue weighted by Crippen LogP contribution is -2.17. The SMILES string of the molecule is CN(C/C=C/c1ccc(Cl)cc1Cl)Cc1coc2ccccc12.Cl. The average Bonchev–Trinajstić information content (AvgIpc) is 2.93. The molecule has 0 amide bonds. The number of benzene rings is 2. The number of furan rings is 1. The predicted molar refractivity (Wildman–Crippen MR) is 105 cm³/mol. The van der Waals surface area contributed by atoms with Crippen LogP contribution in [0.3, 0.4) is 0 Å². The van der Waals surface area contributed by atoms with Crippen LogP contribution >= 0.6 is 35.6 Å². The topological polar surface area (TPSA) is 16.4 Å². The number of hydrogen-bond acceptors (Lipinski definition) is 2. The quantitative estimate of drug-likeness (QED) is 0.514. The van der Waals surface area contributed by atoms with Crippen molar-refractivity contribution in [2.75, 3.05) is 13.6 Å². The van der Waals surface area contributed by atoms with Crippen molar-refractivity contribution >= 4 is 52.7 Å². The van der Waals surface area contributed by atoms with Gasteiger partial charge in [-0.1, -0.05) is 59.6 Å². The summed E-state index contributed by atoms with van der Waals surface area (Å²) in [6.45, 7) is 1.65. The molecule has 0 radical (unpaired) electrons. The van der Waals surface area contributed by atoms with Gasteiger partial charge in [0.2, 0.25) is 0 Å². The van der Waals surface area contributed by atoms with Gasteiger partial charge in [-0.05, 0) is 30.8 Å². The molecule has 0 aliphatic carbocycles. The van der Waals surface area contributed by atoms with Crippen LogP contribution in [0.2, 0.25) is 10.0 Å². The molecule has 0 aliphatic rings. The minimum atomic E-state index is 0. The Morgan fingerprint density at radius 2 is 1.92 bits per heavy atom. The van der Waals surface area contributed by atoms with Crippen molar-refractivity contribution in [1.82, 2.24) is 4.90 Å². The van der Waals surface area contributed by atoms with Crippen LogP contribution in [0, 0.1) is 0 Å². The van der Waals surface area contributed by atoms with Gasteiger partial charge in [0.15, 0.2) is 0 Å². The predicted octanol–water partition coefficient (Wildman–Crippen LogP) is 6.31. The fourth-order valence-electron chi connectivity index (χ4n) is 2.51. The average molecular weight is 383 g/mol. The normalized spacial score (nSPS) is 11.3. The summed E-state index contributed by atoms with van der Waals surface area (Å²) in [5.41, 5.74) is 3.10. The molecular weight excluding hydrogens is 365 g/mol. The van der Waals surface area contributed by atoms with Gasteiger partial charge >= 0.3 is 0 Å². The van der Waals surface area contributed by atoms with Crippen LogP contribution in [0.5, 0.6) is 0 Å². The molecule has 1 heterocycles. The van der Waals surface area contributed by atoms with E-state index in [1.54, 1.807) is 6.07 Å². The summed E-state index contributed by atoms with van der Waals surface area (Å²) in [5.74, 6) is 0. The summed E-state index contributed by atoms with van der Waals surface area (Å²) < 4.78 is 5.58. The first-order chi connectivity index (χ1) is 11.1. The van der Waals surface area contributed by atoms with Gasteiger partial charge in [-0.3, -0.25) is 4.90 Å². The van der Waals surface area contributed by atoms with Gasteiger partial charge in [0.05, 0.1) is 6.26 Å². The minimum Gasteiger partial charge on any atom is -0.464 e. The number of para-hydroxylation sites is 1. The Hall–Kier alpha value is -1.45. The van der Waals surface area contributed by atoms with E-state index in [0.717, 1.165) is 24.2 Å². The van der Waals surface area contributed by atoms with Gasteiger partial charge < -0.3 is 4.42 Å². The molecule has 0 saturated heterocycles. The van der Waals surface area contributed by atoms with Crippen LogP contribution in [0.4, 0.5) is 0 Å². The van der Waals surface area contributed by atoms with Gasteiger partial charge in [-0.2, -0.15) is 0 Å². The molecule has 126 valence electrons. The highest BCUT2D eigenvalue weighted by molar-refractivity contribution is 6.35. The summed E-state index contributed by atoms with van der Waals surface area (Å²) in [4.78, 5) is 2.22. The summed E-state index contributed by atoms with van der Waals surface area (Å²) in [7, 11) is 2.08. The highest BCUT2D eigenvalue weighted by Gasteiger charge is 2.07. The maximum Gasteiger partial charge on any atom is 0.134 e. The molecule has 1 aromatic heterocycles. The highest BCUT2D eigenvalue weighted by Crippen LogP contribution is 2.23. The van der Waals surface area contributed by atoms with Crippen LogP contribution in [-0.2, 0) is 6.54 Å². The molecule has 5 heteroatoms. The number of nitrogens with zero attached hydrogens (tertiary/aromatic N) is 1. The second-order valence-corrected chi connectivity index (χ2v) is 6.37. The van der Waals surface area contributed by atoms with E-state index in [4.69, 9.17) is 27.6 Å². The van der Waals surface area contributed by atoms with Crippen molar-refractivity contribution in [3.8, 4) is 0 Å². The molecule has 2 aromatic carbocycles. The maximum atomic E-state index is 6.16.